The first-order chi connectivity index (χ1) is 16.9. The minimum Gasteiger partial charge on any atom is -0.496 e. The zero-order valence-electron chi connectivity index (χ0n) is 20.6. The largest absolute Gasteiger partial charge is 0.496 e. The summed E-state index contributed by atoms with van der Waals surface area (Å²) in [7, 11) is 3.29. The van der Waals surface area contributed by atoms with Gasteiger partial charge < -0.3 is 24.4 Å². The lowest BCUT2D eigenvalue weighted by Crippen LogP contribution is -2.49. The molecule has 3 aromatic rings. The maximum absolute atomic E-state index is 13.3. The molecule has 0 spiro atoms. The summed E-state index contributed by atoms with van der Waals surface area (Å²) in [6, 6.07) is 19.4. The summed E-state index contributed by atoms with van der Waals surface area (Å²) in [6.45, 7) is 1.74. The summed E-state index contributed by atoms with van der Waals surface area (Å²) in [4.78, 5) is 13.3. The molecule has 0 aliphatic heterocycles. The van der Waals surface area contributed by atoms with E-state index in [0.29, 0.717) is 19.3 Å². The Morgan fingerprint density at radius 2 is 1.74 bits per heavy atom. The number of hydrogen-bond donors (Lipinski definition) is 2. The van der Waals surface area contributed by atoms with Crippen molar-refractivity contribution in [2.75, 3.05) is 14.2 Å². The zero-order chi connectivity index (χ0) is 25.0. The van der Waals surface area contributed by atoms with Gasteiger partial charge in [-0.1, -0.05) is 54.6 Å². The Balaban J connectivity index is 1.64. The number of aliphatic hydroxyl groups is 2. The second kappa shape index (κ2) is 10.7. The van der Waals surface area contributed by atoms with E-state index in [-0.39, 0.29) is 24.9 Å². The van der Waals surface area contributed by atoms with E-state index in [0.717, 1.165) is 33.4 Å². The van der Waals surface area contributed by atoms with Crippen molar-refractivity contribution >= 4 is 16.7 Å². The number of benzene rings is 3. The lowest BCUT2D eigenvalue weighted by Gasteiger charge is -2.42. The summed E-state index contributed by atoms with van der Waals surface area (Å²) in [5.41, 5.74) is 0.522. The van der Waals surface area contributed by atoms with Crippen LogP contribution in [0.15, 0.2) is 60.7 Å². The summed E-state index contributed by atoms with van der Waals surface area (Å²) < 4.78 is 17.2. The van der Waals surface area contributed by atoms with E-state index in [9.17, 15) is 15.0 Å². The molecule has 0 heterocycles. The first kappa shape index (κ1) is 25.0. The number of methoxy groups -OCH3 is 2. The fourth-order valence-electron chi connectivity index (χ4n) is 5.24. The van der Waals surface area contributed by atoms with Crippen LogP contribution in [0.1, 0.15) is 37.3 Å². The molecule has 1 saturated carbocycles. The molecular weight excluding hydrogens is 444 g/mol. The Hall–Kier alpha value is -3.09. The van der Waals surface area contributed by atoms with E-state index in [1.54, 1.807) is 21.1 Å². The molecule has 2 N–H and O–H groups in total. The molecule has 6 nitrogen and oxygen atoms in total. The molecule has 4 rings (SSSR count). The molecule has 0 bridgehead atoms. The van der Waals surface area contributed by atoms with Crippen molar-refractivity contribution in [2.45, 2.75) is 50.9 Å². The van der Waals surface area contributed by atoms with Gasteiger partial charge in [0.15, 0.2) is 0 Å². The van der Waals surface area contributed by atoms with Crippen LogP contribution in [0.5, 0.6) is 11.5 Å². The summed E-state index contributed by atoms with van der Waals surface area (Å²) in [5.74, 6) is 0.501. The smallest absolute Gasteiger partial charge is 0.309 e. The quantitative estimate of drug-likeness (QED) is 0.458. The number of esters is 1. The normalized spacial score (nSPS) is 23.0. The van der Waals surface area contributed by atoms with Gasteiger partial charge >= 0.3 is 5.97 Å². The Morgan fingerprint density at radius 3 is 2.40 bits per heavy atom. The number of carbonyl (C=O) groups is 1. The van der Waals surface area contributed by atoms with Gasteiger partial charge in [-0.25, -0.2) is 0 Å². The Morgan fingerprint density at radius 1 is 1.06 bits per heavy atom. The van der Waals surface area contributed by atoms with E-state index in [2.05, 4.69) is 0 Å². The van der Waals surface area contributed by atoms with Gasteiger partial charge in [0.05, 0.1) is 31.8 Å². The van der Waals surface area contributed by atoms with E-state index in [4.69, 9.17) is 14.2 Å². The van der Waals surface area contributed by atoms with Crippen LogP contribution in [0.4, 0.5) is 0 Å². The van der Waals surface area contributed by atoms with Crippen LogP contribution in [-0.2, 0) is 22.6 Å². The molecule has 6 heteroatoms. The highest BCUT2D eigenvalue weighted by Gasteiger charge is 2.46. The van der Waals surface area contributed by atoms with E-state index in [1.165, 1.54) is 0 Å². The minimum atomic E-state index is -1.32. The third kappa shape index (κ3) is 5.29. The van der Waals surface area contributed by atoms with Gasteiger partial charge in [-0.05, 0) is 55.7 Å². The molecule has 35 heavy (non-hydrogen) atoms. The van der Waals surface area contributed by atoms with Crippen LogP contribution >= 0.6 is 0 Å². The van der Waals surface area contributed by atoms with Crippen molar-refractivity contribution in [1.82, 2.24) is 0 Å². The molecular formula is C29H34O6. The molecule has 3 aromatic carbocycles. The number of rotatable bonds is 8. The molecule has 1 aliphatic carbocycles. The SMILES string of the molecule is COc1cc(CC2CCC(O)(C(C)O)CC2C(=O)OCc2ccccc2)c(OC)c2ccccc12. The highest BCUT2D eigenvalue weighted by molar-refractivity contribution is 5.94. The average molecular weight is 479 g/mol. The molecule has 0 saturated heterocycles. The number of hydrogen-bond acceptors (Lipinski definition) is 6. The zero-order valence-corrected chi connectivity index (χ0v) is 20.6. The first-order valence-corrected chi connectivity index (χ1v) is 12.1. The van der Waals surface area contributed by atoms with Crippen molar-refractivity contribution < 1.29 is 29.2 Å². The van der Waals surface area contributed by atoms with Crippen molar-refractivity contribution in [2.24, 2.45) is 11.8 Å². The minimum absolute atomic E-state index is 0.0860. The summed E-state index contributed by atoms with van der Waals surface area (Å²) >= 11 is 0. The third-order valence-electron chi connectivity index (χ3n) is 7.34. The maximum atomic E-state index is 13.3. The van der Waals surface area contributed by atoms with Crippen molar-refractivity contribution in [3.05, 3.63) is 71.8 Å². The topological polar surface area (TPSA) is 85.2 Å². The molecule has 0 aromatic heterocycles. The second-order valence-electron chi connectivity index (χ2n) is 9.50. The van der Waals surface area contributed by atoms with Crippen LogP contribution in [0.2, 0.25) is 0 Å². The van der Waals surface area contributed by atoms with Crippen LogP contribution in [0.3, 0.4) is 0 Å². The number of aliphatic hydroxyl groups excluding tert-OH is 1. The fraction of sp³-hybridized carbons (Fsp3) is 0.414. The molecule has 186 valence electrons. The van der Waals surface area contributed by atoms with Gasteiger partial charge in [0.1, 0.15) is 18.1 Å². The Labute approximate surface area is 206 Å². The number of carbonyl (C=O) groups excluding carboxylic acids is 1. The molecule has 1 fully saturated rings. The molecule has 0 amide bonds. The highest BCUT2D eigenvalue weighted by Crippen LogP contribution is 2.44. The second-order valence-corrected chi connectivity index (χ2v) is 9.50. The van der Waals surface area contributed by atoms with E-state index in [1.807, 2.05) is 60.7 Å². The van der Waals surface area contributed by atoms with Gasteiger partial charge in [0, 0.05) is 10.8 Å². The van der Waals surface area contributed by atoms with E-state index >= 15 is 0 Å². The number of ether oxygens (including phenoxy) is 3. The molecule has 4 unspecified atom stereocenters. The average Bonchev–Trinajstić information content (AvgIpc) is 2.88. The molecule has 1 aliphatic rings. The Kier molecular flexibility index (Phi) is 7.63. The van der Waals surface area contributed by atoms with E-state index < -0.39 is 17.6 Å². The predicted octanol–water partition coefficient (Wildman–Crippen LogP) is 4.67. The van der Waals surface area contributed by atoms with Crippen molar-refractivity contribution in [3.63, 3.8) is 0 Å². The summed E-state index contributed by atoms with van der Waals surface area (Å²) in [6.07, 6.45) is 0.750. The van der Waals surface area contributed by atoms with Gasteiger partial charge in [-0.3, -0.25) is 4.79 Å². The van der Waals surface area contributed by atoms with Gasteiger partial charge in [0.25, 0.3) is 0 Å². The van der Waals surface area contributed by atoms with Crippen LogP contribution in [0, 0.1) is 11.8 Å². The first-order valence-electron chi connectivity index (χ1n) is 12.1. The van der Waals surface area contributed by atoms with Gasteiger partial charge in [-0.2, -0.15) is 0 Å². The van der Waals surface area contributed by atoms with Crippen molar-refractivity contribution in [3.8, 4) is 11.5 Å². The molecule has 0 radical (unpaired) electrons. The third-order valence-corrected chi connectivity index (χ3v) is 7.34. The number of fused-ring (bicyclic) bond motifs is 1. The highest BCUT2D eigenvalue weighted by atomic mass is 16.5. The predicted molar refractivity (Wildman–Crippen MR) is 134 cm³/mol. The lowest BCUT2D eigenvalue weighted by atomic mass is 9.68. The van der Waals surface area contributed by atoms with Crippen molar-refractivity contribution in [1.29, 1.82) is 0 Å². The lowest BCUT2D eigenvalue weighted by molar-refractivity contribution is -0.164. The van der Waals surface area contributed by atoms with Crippen LogP contribution in [-0.4, -0.2) is 42.1 Å². The monoisotopic (exact) mass is 478 g/mol. The van der Waals surface area contributed by atoms with Gasteiger partial charge in [0.2, 0.25) is 0 Å². The fourth-order valence-corrected chi connectivity index (χ4v) is 5.24. The van der Waals surface area contributed by atoms with Gasteiger partial charge in [-0.15, -0.1) is 0 Å². The van der Waals surface area contributed by atoms with Crippen LogP contribution in [0.25, 0.3) is 10.8 Å². The maximum Gasteiger partial charge on any atom is 0.309 e. The molecule has 4 atom stereocenters. The van der Waals surface area contributed by atoms with Crippen LogP contribution < -0.4 is 9.47 Å². The Bertz CT molecular complexity index is 1160. The summed E-state index contributed by atoms with van der Waals surface area (Å²) in [5, 5.41) is 23.2. The standard InChI is InChI=1S/C29H34O6/c1-19(30)29(32)14-13-21(25(17-29)28(31)35-18-20-9-5-4-6-10-20)15-22-16-26(33-2)23-11-7-8-12-24(23)27(22)34-3/h4-12,16,19,21,25,30,32H,13-15,17-18H2,1-3H3.